The van der Waals surface area contributed by atoms with Gasteiger partial charge in [-0.3, -0.25) is 0 Å². The summed E-state index contributed by atoms with van der Waals surface area (Å²) in [7, 11) is 1.61. The molecule has 9 heavy (non-hydrogen) atoms. The summed E-state index contributed by atoms with van der Waals surface area (Å²) in [5.74, 6) is 0. The summed E-state index contributed by atoms with van der Waals surface area (Å²) in [6.07, 6.45) is 1.62. The molecular formula is C6H12O3. The van der Waals surface area contributed by atoms with E-state index < -0.39 is 0 Å². The Kier molecular flexibility index (Phi) is 7.30. The third-order valence-electron chi connectivity index (χ3n) is 0.640. The van der Waals surface area contributed by atoms with Gasteiger partial charge in [0.15, 0.2) is 0 Å². The van der Waals surface area contributed by atoms with Crippen LogP contribution in [0.4, 0.5) is 0 Å². The van der Waals surface area contributed by atoms with Crippen LogP contribution >= 0.6 is 0 Å². The summed E-state index contributed by atoms with van der Waals surface area (Å²) in [5.41, 5.74) is 0. The Morgan fingerprint density at radius 3 is 2.67 bits per heavy atom. The molecule has 3 nitrogen and oxygen atoms in total. The molecule has 0 atom stereocenters. The number of rotatable bonds is 6. The van der Waals surface area contributed by atoms with E-state index in [-0.39, 0.29) is 0 Å². The molecule has 0 aromatic carbocycles. The van der Waals surface area contributed by atoms with Crippen molar-refractivity contribution in [3.05, 3.63) is 12.7 Å². The molecular weight excluding hydrogens is 120 g/mol. The topological polar surface area (TPSA) is 27.7 Å². The van der Waals surface area contributed by atoms with E-state index in [1.165, 1.54) is 0 Å². The number of hydrogen-bond acceptors (Lipinski definition) is 3. The van der Waals surface area contributed by atoms with E-state index in [1.54, 1.807) is 13.2 Å². The first kappa shape index (κ1) is 8.62. The minimum atomic E-state index is 0.420. The molecule has 0 amide bonds. The predicted molar refractivity (Wildman–Crippen MR) is 34.0 cm³/mol. The monoisotopic (exact) mass is 132 g/mol. The van der Waals surface area contributed by atoms with Gasteiger partial charge >= 0.3 is 0 Å². The van der Waals surface area contributed by atoms with Crippen molar-refractivity contribution in [2.75, 3.05) is 26.9 Å². The van der Waals surface area contributed by atoms with Gasteiger partial charge in [0.25, 0.3) is 0 Å². The van der Waals surface area contributed by atoms with Crippen molar-refractivity contribution < 1.29 is 14.5 Å². The summed E-state index contributed by atoms with van der Waals surface area (Å²) in [5, 5.41) is 0. The molecule has 0 N–H and O–H groups in total. The first-order chi connectivity index (χ1) is 4.41. The van der Waals surface area contributed by atoms with E-state index in [9.17, 15) is 0 Å². The lowest BCUT2D eigenvalue weighted by Crippen LogP contribution is -2.02. The minimum absolute atomic E-state index is 0.420. The Hall–Kier alpha value is -0.380. The molecule has 0 unspecified atom stereocenters. The smallest absolute Gasteiger partial charge is 0.106 e. The van der Waals surface area contributed by atoms with Gasteiger partial charge in [0, 0.05) is 7.11 Å². The highest BCUT2D eigenvalue weighted by Gasteiger charge is 1.83. The van der Waals surface area contributed by atoms with Gasteiger partial charge in [0.1, 0.15) is 13.2 Å². The minimum Gasteiger partial charge on any atom is -0.382 e. The molecule has 0 bridgehead atoms. The fourth-order valence-corrected chi connectivity index (χ4v) is 0.273. The average molecular weight is 132 g/mol. The van der Waals surface area contributed by atoms with Crippen LogP contribution in [0.15, 0.2) is 12.7 Å². The molecule has 0 radical (unpaired) electrons. The zero-order chi connectivity index (χ0) is 6.95. The van der Waals surface area contributed by atoms with Crippen LogP contribution in [0.2, 0.25) is 0 Å². The Labute approximate surface area is 55.1 Å². The van der Waals surface area contributed by atoms with Crippen LogP contribution in [0.1, 0.15) is 0 Å². The largest absolute Gasteiger partial charge is 0.382 e. The first-order valence-corrected chi connectivity index (χ1v) is 2.76. The first-order valence-electron chi connectivity index (χ1n) is 2.76. The van der Waals surface area contributed by atoms with Crippen LogP contribution in [0.5, 0.6) is 0 Å². The van der Waals surface area contributed by atoms with Gasteiger partial charge in [-0.2, -0.15) is 0 Å². The Morgan fingerprint density at radius 2 is 2.11 bits per heavy atom. The fourth-order valence-electron chi connectivity index (χ4n) is 0.273. The second-order valence-corrected chi connectivity index (χ2v) is 1.39. The lowest BCUT2D eigenvalue weighted by atomic mass is 10.7. The number of methoxy groups -OCH3 is 1. The SMILES string of the molecule is C=CCOOCCOC. The summed E-state index contributed by atoms with van der Waals surface area (Å²) in [6, 6.07) is 0. The van der Waals surface area contributed by atoms with E-state index in [0.29, 0.717) is 19.8 Å². The van der Waals surface area contributed by atoms with Crippen molar-refractivity contribution in [1.82, 2.24) is 0 Å². The Balaban J connectivity index is 2.66. The maximum absolute atomic E-state index is 4.69. The van der Waals surface area contributed by atoms with Gasteiger partial charge < -0.3 is 4.74 Å². The zero-order valence-electron chi connectivity index (χ0n) is 5.63. The van der Waals surface area contributed by atoms with Gasteiger partial charge in [0.2, 0.25) is 0 Å². The molecule has 54 valence electrons. The molecule has 3 heteroatoms. The van der Waals surface area contributed by atoms with E-state index in [4.69, 9.17) is 4.74 Å². The van der Waals surface area contributed by atoms with Crippen LogP contribution in [0.25, 0.3) is 0 Å². The lowest BCUT2D eigenvalue weighted by Gasteiger charge is -1.98. The van der Waals surface area contributed by atoms with Crippen LogP contribution < -0.4 is 0 Å². The molecule has 0 aliphatic rings. The average Bonchev–Trinajstić information content (AvgIpc) is 1.89. The van der Waals surface area contributed by atoms with Gasteiger partial charge in [-0.1, -0.05) is 6.08 Å². The normalized spacial score (nSPS) is 9.44. The van der Waals surface area contributed by atoms with Crippen molar-refractivity contribution in [2.24, 2.45) is 0 Å². The van der Waals surface area contributed by atoms with Crippen molar-refractivity contribution in [3.8, 4) is 0 Å². The quantitative estimate of drug-likeness (QED) is 0.231. The summed E-state index contributed by atoms with van der Waals surface area (Å²) in [4.78, 5) is 9.20. The van der Waals surface area contributed by atoms with Crippen molar-refractivity contribution in [1.29, 1.82) is 0 Å². The molecule has 0 aromatic rings. The van der Waals surface area contributed by atoms with Crippen molar-refractivity contribution >= 4 is 0 Å². The van der Waals surface area contributed by atoms with Gasteiger partial charge in [-0.25, -0.2) is 9.78 Å². The highest BCUT2D eigenvalue weighted by Crippen LogP contribution is 1.78. The van der Waals surface area contributed by atoms with E-state index in [2.05, 4.69) is 16.4 Å². The molecule has 0 rings (SSSR count). The second-order valence-electron chi connectivity index (χ2n) is 1.39. The van der Waals surface area contributed by atoms with E-state index in [0.717, 1.165) is 0 Å². The molecule has 0 spiro atoms. The van der Waals surface area contributed by atoms with Crippen LogP contribution in [-0.4, -0.2) is 26.9 Å². The third-order valence-corrected chi connectivity index (χ3v) is 0.640. The number of ether oxygens (including phenoxy) is 1. The predicted octanol–water partition coefficient (Wildman–Crippen LogP) is 0.767. The van der Waals surface area contributed by atoms with Crippen molar-refractivity contribution in [3.63, 3.8) is 0 Å². The highest BCUT2D eigenvalue weighted by molar-refractivity contribution is 4.62. The molecule has 0 aromatic heterocycles. The third kappa shape index (κ3) is 7.62. The molecule has 0 aliphatic heterocycles. The van der Waals surface area contributed by atoms with Gasteiger partial charge in [-0.15, -0.1) is 6.58 Å². The summed E-state index contributed by atoms with van der Waals surface area (Å²) in [6.45, 7) is 4.88. The maximum Gasteiger partial charge on any atom is 0.106 e. The van der Waals surface area contributed by atoms with Crippen LogP contribution in [0.3, 0.4) is 0 Å². The molecule has 0 saturated heterocycles. The van der Waals surface area contributed by atoms with Crippen molar-refractivity contribution in [2.45, 2.75) is 0 Å². The lowest BCUT2D eigenvalue weighted by molar-refractivity contribution is -0.290. The molecule has 0 aliphatic carbocycles. The summed E-state index contributed by atoms with van der Waals surface area (Å²) >= 11 is 0. The van der Waals surface area contributed by atoms with E-state index in [1.807, 2.05) is 0 Å². The Bertz CT molecular complexity index is 63.3. The van der Waals surface area contributed by atoms with Crippen LogP contribution in [-0.2, 0) is 14.5 Å². The number of hydrogen-bond donors (Lipinski definition) is 0. The van der Waals surface area contributed by atoms with E-state index >= 15 is 0 Å². The van der Waals surface area contributed by atoms with Gasteiger partial charge in [0.05, 0.1) is 6.61 Å². The second kappa shape index (κ2) is 7.62. The zero-order valence-corrected chi connectivity index (χ0v) is 5.63. The molecule has 0 heterocycles. The molecule has 0 saturated carbocycles. The highest BCUT2D eigenvalue weighted by atomic mass is 17.2. The van der Waals surface area contributed by atoms with Crippen LogP contribution in [0, 0.1) is 0 Å². The summed E-state index contributed by atoms with van der Waals surface area (Å²) < 4.78 is 4.69. The standard InChI is InChI=1S/C6H12O3/c1-3-4-8-9-6-5-7-2/h3H,1,4-6H2,2H3. The fraction of sp³-hybridized carbons (Fsp3) is 0.667. The maximum atomic E-state index is 4.69. The Morgan fingerprint density at radius 1 is 1.33 bits per heavy atom. The van der Waals surface area contributed by atoms with Gasteiger partial charge in [-0.05, 0) is 0 Å². The molecule has 0 fully saturated rings.